The summed E-state index contributed by atoms with van der Waals surface area (Å²) in [5.41, 5.74) is 8.47. The Morgan fingerprint density at radius 3 is 2.07 bits per heavy atom. The molecule has 0 amide bonds. The van der Waals surface area contributed by atoms with E-state index in [1.165, 1.54) is 32.6 Å². The van der Waals surface area contributed by atoms with E-state index in [0.717, 1.165) is 50.0 Å². The fraction of sp³-hybridized carbons (Fsp3) is 0.0435. The first-order valence-electron chi connectivity index (χ1n) is 17.6. The van der Waals surface area contributed by atoms with Gasteiger partial charge in [0, 0.05) is 96.5 Å². The van der Waals surface area contributed by atoms with E-state index in [4.69, 9.17) is 9.72 Å². The molecule has 0 aliphatic heterocycles. The van der Waals surface area contributed by atoms with Crippen LogP contribution < -0.4 is 9.30 Å². The summed E-state index contributed by atoms with van der Waals surface area (Å²) in [4.78, 5) is 4.96. The summed E-state index contributed by atoms with van der Waals surface area (Å²) < 4.78 is 17.4. The minimum Gasteiger partial charge on any atom is -0.510 e. The average molecular weight is 878 g/mol. The van der Waals surface area contributed by atoms with Crippen molar-refractivity contribution < 1.29 is 30.4 Å². The van der Waals surface area contributed by atoms with Gasteiger partial charge in [-0.15, -0.1) is 24.3 Å². The SMILES string of the molecule is Cn1[c-][n+](-c2[c-]c(Oc3[c-]c4c(cc3)c3c5c(c6ccccc6n5C)c5c6ccccc6n(-c6ccccc6)c5c3n4-c3ccccn3)ccc2)cc1.[Pt]. The molecular weight excluding hydrogens is 848 g/mol. The summed E-state index contributed by atoms with van der Waals surface area (Å²) >= 11 is 0. The number of hydrogen-bond donors (Lipinski definition) is 0. The molecule has 262 valence electrons. The number of pyridine rings is 1. The maximum absolute atomic E-state index is 6.54. The molecule has 0 saturated carbocycles. The van der Waals surface area contributed by atoms with Crippen molar-refractivity contribution in [3.63, 3.8) is 0 Å². The van der Waals surface area contributed by atoms with Crippen molar-refractivity contribution in [1.82, 2.24) is 23.3 Å². The number of aryl methyl sites for hydroxylation is 2. The summed E-state index contributed by atoms with van der Waals surface area (Å²) in [6, 6.07) is 51.4. The first-order chi connectivity index (χ1) is 26.1. The van der Waals surface area contributed by atoms with Crippen LogP contribution in [0.5, 0.6) is 11.5 Å². The molecule has 11 aromatic rings. The molecule has 6 aromatic carbocycles. The molecule has 0 fully saturated rings. The Bertz CT molecular complexity index is 3230. The van der Waals surface area contributed by atoms with E-state index < -0.39 is 0 Å². The fourth-order valence-electron chi connectivity index (χ4n) is 8.23. The van der Waals surface area contributed by atoms with Crippen molar-refractivity contribution in [3.8, 4) is 28.7 Å². The van der Waals surface area contributed by atoms with Gasteiger partial charge in [0.15, 0.2) is 0 Å². The Kier molecular flexibility index (Phi) is 7.36. The van der Waals surface area contributed by atoms with Crippen molar-refractivity contribution in [2.75, 3.05) is 0 Å². The number of hydrogen-bond acceptors (Lipinski definition) is 2. The van der Waals surface area contributed by atoms with Gasteiger partial charge in [0.25, 0.3) is 0 Å². The molecule has 0 aliphatic carbocycles. The van der Waals surface area contributed by atoms with Gasteiger partial charge in [0.05, 0.1) is 23.6 Å². The van der Waals surface area contributed by atoms with Crippen LogP contribution in [0, 0.1) is 18.5 Å². The van der Waals surface area contributed by atoms with Gasteiger partial charge in [-0.25, -0.2) is 4.98 Å². The molecule has 0 radical (unpaired) electrons. The molecule has 5 heterocycles. The normalized spacial score (nSPS) is 11.7. The zero-order valence-electron chi connectivity index (χ0n) is 29.3. The van der Waals surface area contributed by atoms with Crippen LogP contribution in [0.15, 0.2) is 146 Å². The summed E-state index contributed by atoms with van der Waals surface area (Å²) in [7, 11) is 4.13. The monoisotopic (exact) mass is 877 g/mol. The van der Waals surface area contributed by atoms with Crippen molar-refractivity contribution in [2.24, 2.45) is 14.1 Å². The molecule has 7 nitrogen and oxygen atoms in total. The van der Waals surface area contributed by atoms with Crippen LogP contribution in [0.2, 0.25) is 0 Å². The minimum atomic E-state index is 0. The van der Waals surface area contributed by atoms with E-state index in [1.54, 1.807) is 0 Å². The van der Waals surface area contributed by atoms with Crippen LogP contribution in [0.3, 0.4) is 0 Å². The maximum Gasteiger partial charge on any atom is 0.241 e. The van der Waals surface area contributed by atoms with Crippen LogP contribution in [-0.2, 0) is 35.2 Å². The first-order valence-corrected chi connectivity index (χ1v) is 17.6. The number of rotatable bonds is 5. The van der Waals surface area contributed by atoms with Gasteiger partial charge in [-0.3, -0.25) is 0 Å². The molecule has 0 saturated heterocycles. The van der Waals surface area contributed by atoms with Crippen LogP contribution >= 0.6 is 0 Å². The Labute approximate surface area is 324 Å². The van der Waals surface area contributed by atoms with Gasteiger partial charge < -0.3 is 27.6 Å². The third-order valence-corrected chi connectivity index (χ3v) is 10.4. The number of ether oxygens (including phenoxy) is 1. The van der Waals surface area contributed by atoms with Gasteiger partial charge >= 0.3 is 0 Å². The molecule has 0 bridgehead atoms. The Balaban J connectivity index is 0.00000361. The number of benzene rings is 6. The maximum atomic E-state index is 6.54. The van der Waals surface area contributed by atoms with Crippen molar-refractivity contribution in [2.45, 2.75) is 0 Å². The van der Waals surface area contributed by atoms with Crippen LogP contribution in [0.25, 0.3) is 82.6 Å². The topological polar surface area (TPSA) is 45.7 Å². The van der Waals surface area contributed by atoms with E-state index in [2.05, 4.69) is 130 Å². The van der Waals surface area contributed by atoms with Crippen molar-refractivity contribution >= 4 is 65.4 Å². The minimum absolute atomic E-state index is 0. The standard InChI is InChI=1S/C46H30N6O.Pt/c1-48-25-26-50(29-48)31-15-12-16-32(27-31)53-33-22-23-36-39(28-33)52(40-21-10-11-24-47-40)46-43(36)44-41(34-17-6-8-19-37(34)49(44)2)42-35-18-7-9-20-38(35)51(45(42)46)30-13-4-3-5-14-30;/h3-26H,1-2H3;/q-2;. The number of imidazole rings is 1. The summed E-state index contributed by atoms with van der Waals surface area (Å²) in [5, 5.41) is 7.07. The Morgan fingerprint density at radius 1 is 0.593 bits per heavy atom. The third-order valence-electron chi connectivity index (χ3n) is 10.4. The largest absolute Gasteiger partial charge is 0.510 e. The quantitative estimate of drug-likeness (QED) is 0.128. The fourth-order valence-corrected chi connectivity index (χ4v) is 8.23. The molecule has 0 N–H and O–H groups in total. The molecule has 0 atom stereocenters. The molecular formula is C46H30N6OPt-2. The van der Waals surface area contributed by atoms with Gasteiger partial charge in [0.2, 0.25) is 6.33 Å². The summed E-state index contributed by atoms with van der Waals surface area (Å²) in [5.74, 6) is 1.97. The van der Waals surface area contributed by atoms with E-state index in [9.17, 15) is 0 Å². The third kappa shape index (κ3) is 4.65. The van der Waals surface area contributed by atoms with Crippen molar-refractivity contribution in [3.05, 3.63) is 164 Å². The molecule has 0 unspecified atom stereocenters. The zero-order valence-corrected chi connectivity index (χ0v) is 31.5. The van der Waals surface area contributed by atoms with Crippen LogP contribution in [0.4, 0.5) is 0 Å². The summed E-state index contributed by atoms with van der Waals surface area (Å²) in [6.45, 7) is 0. The molecule has 54 heavy (non-hydrogen) atoms. The molecule has 11 rings (SSSR count). The molecule has 0 spiro atoms. The van der Waals surface area contributed by atoms with Crippen LogP contribution in [-0.4, -0.2) is 23.3 Å². The molecule has 0 aliphatic rings. The Hall–Kier alpha value is -6.43. The second kappa shape index (κ2) is 12.3. The van der Waals surface area contributed by atoms with E-state index >= 15 is 0 Å². The number of fused-ring (bicyclic) bond motifs is 12. The van der Waals surface area contributed by atoms with Gasteiger partial charge in [-0.1, -0.05) is 77.3 Å². The molecule has 5 aromatic heterocycles. The van der Waals surface area contributed by atoms with Gasteiger partial charge in [-0.05, 0) is 41.8 Å². The Morgan fingerprint density at radius 2 is 1.30 bits per heavy atom. The average Bonchev–Trinajstić information content (AvgIpc) is 3.95. The summed E-state index contributed by atoms with van der Waals surface area (Å²) in [6.07, 6.45) is 8.99. The number of nitrogens with zero attached hydrogens (tertiary/aromatic N) is 6. The van der Waals surface area contributed by atoms with Gasteiger partial charge in [-0.2, -0.15) is 18.2 Å². The molecule has 8 heteroatoms. The predicted molar refractivity (Wildman–Crippen MR) is 210 cm³/mol. The second-order valence-corrected chi connectivity index (χ2v) is 13.4. The number of para-hydroxylation sites is 3. The van der Waals surface area contributed by atoms with E-state index in [1.807, 2.05) is 71.2 Å². The van der Waals surface area contributed by atoms with E-state index in [0.29, 0.717) is 11.5 Å². The van der Waals surface area contributed by atoms with Crippen molar-refractivity contribution in [1.29, 1.82) is 0 Å². The number of aromatic nitrogens is 6. The second-order valence-electron chi connectivity index (χ2n) is 13.4. The zero-order chi connectivity index (χ0) is 35.2. The van der Waals surface area contributed by atoms with Crippen LogP contribution in [0.1, 0.15) is 0 Å². The first kappa shape index (κ1) is 32.2. The predicted octanol–water partition coefficient (Wildman–Crippen LogP) is 9.73. The van der Waals surface area contributed by atoms with Gasteiger partial charge in [0.1, 0.15) is 5.82 Å². The van der Waals surface area contributed by atoms with E-state index in [-0.39, 0.29) is 21.1 Å². The smallest absolute Gasteiger partial charge is 0.241 e.